The van der Waals surface area contributed by atoms with Gasteiger partial charge in [0.2, 0.25) is 0 Å². The van der Waals surface area contributed by atoms with Crippen molar-refractivity contribution in [2.45, 2.75) is 5.92 Å². The van der Waals surface area contributed by atoms with E-state index in [-0.39, 0.29) is 0 Å². The fraction of sp³-hybridized carbons (Fsp3) is 0.273. The number of nitrogens with zero attached hydrogens (tertiary/aromatic N) is 2. The standard InChI is InChI=1S/C11H11N3S/c1-2-10(15-5-1)9-3-4-13-11(14-9)8-6-12-7-8/h1-5,8,12H,6-7H2. The maximum absolute atomic E-state index is 4.60. The minimum absolute atomic E-state index is 0.505. The Balaban J connectivity index is 1.95. The fourth-order valence-electron chi connectivity index (χ4n) is 1.60. The monoisotopic (exact) mass is 217 g/mol. The van der Waals surface area contributed by atoms with Gasteiger partial charge in [-0.05, 0) is 17.5 Å². The zero-order valence-corrected chi connectivity index (χ0v) is 9.00. The van der Waals surface area contributed by atoms with Gasteiger partial charge in [0.25, 0.3) is 0 Å². The second kappa shape index (κ2) is 3.72. The molecule has 0 amide bonds. The van der Waals surface area contributed by atoms with Gasteiger partial charge in [0, 0.05) is 25.2 Å². The lowest BCUT2D eigenvalue weighted by molar-refractivity contribution is 0.430. The first-order valence-corrected chi connectivity index (χ1v) is 5.89. The summed E-state index contributed by atoms with van der Waals surface area (Å²) in [7, 11) is 0. The molecular weight excluding hydrogens is 206 g/mol. The normalized spacial score (nSPS) is 16.3. The van der Waals surface area contributed by atoms with E-state index in [1.165, 1.54) is 4.88 Å². The van der Waals surface area contributed by atoms with Crippen molar-refractivity contribution in [2.75, 3.05) is 13.1 Å². The van der Waals surface area contributed by atoms with E-state index < -0.39 is 0 Å². The van der Waals surface area contributed by atoms with Crippen LogP contribution < -0.4 is 5.32 Å². The Morgan fingerprint density at radius 3 is 2.93 bits per heavy atom. The van der Waals surface area contributed by atoms with E-state index in [0.717, 1.165) is 24.6 Å². The van der Waals surface area contributed by atoms with Gasteiger partial charge in [-0.25, -0.2) is 9.97 Å². The Bertz CT molecular complexity index is 449. The molecule has 0 bridgehead atoms. The van der Waals surface area contributed by atoms with Crippen molar-refractivity contribution in [1.82, 2.24) is 15.3 Å². The molecule has 4 heteroatoms. The highest BCUT2D eigenvalue weighted by molar-refractivity contribution is 7.13. The Morgan fingerprint density at radius 2 is 2.27 bits per heavy atom. The summed E-state index contributed by atoms with van der Waals surface area (Å²) >= 11 is 1.72. The summed E-state index contributed by atoms with van der Waals surface area (Å²) in [5.74, 6) is 1.48. The van der Waals surface area contributed by atoms with Crippen LogP contribution in [0.4, 0.5) is 0 Å². The highest BCUT2D eigenvalue weighted by Crippen LogP contribution is 2.24. The molecule has 0 radical (unpaired) electrons. The van der Waals surface area contributed by atoms with Crippen LogP contribution in [-0.4, -0.2) is 23.1 Å². The first-order valence-electron chi connectivity index (χ1n) is 5.01. The highest BCUT2D eigenvalue weighted by atomic mass is 32.1. The van der Waals surface area contributed by atoms with E-state index in [4.69, 9.17) is 0 Å². The second-order valence-electron chi connectivity index (χ2n) is 3.63. The van der Waals surface area contributed by atoms with Crippen LogP contribution in [0.15, 0.2) is 29.8 Å². The van der Waals surface area contributed by atoms with Crippen molar-refractivity contribution in [1.29, 1.82) is 0 Å². The molecule has 0 saturated carbocycles. The minimum Gasteiger partial charge on any atom is -0.315 e. The highest BCUT2D eigenvalue weighted by Gasteiger charge is 2.21. The third-order valence-corrected chi connectivity index (χ3v) is 3.49. The molecular formula is C11H11N3S. The van der Waals surface area contributed by atoms with Crippen molar-refractivity contribution in [3.63, 3.8) is 0 Å². The average Bonchev–Trinajstić information content (AvgIpc) is 2.68. The molecule has 0 aromatic carbocycles. The smallest absolute Gasteiger partial charge is 0.134 e. The Morgan fingerprint density at radius 1 is 1.33 bits per heavy atom. The second-order valence-corrected chi connectivity index (χ2v) is 4.58. The van der Waals surface area contributed by atoms with Crippen molar-refractivity contribution in [2.24, 2.45) is 0 Å². The Hall–Kier alpha value is -1.26. The fourth-order valence-corrected chi connectivity index (χ4v) is 2.30. The summed E-state index contributed by atoms with van der Waals surface area (Å²) in [6.45, 7) is 2.02. The van der Waals surface area contributed by atoms with Gasteiger partial charge in [-0.3, -0.25) is 0 Å². The van der Waals surface area contributed by atoms with Gasteiger partial charge >= 0.3 is 0 Å². The third-order valence-electron chi connectivity index (χ3n) is 2.59. The summed E-state index contributed by atoms with van der Waals surface area (Å²) in [5.41, 5.74) is 1.04. The van der Waals surface area contributed by atoms with Crippen LogP contribution >= 0.6 is 11.3 Å². The molecule has 0 aliphatic carbocycles. The van der Waals surface area contributed by atoms with Crippen molar-refractivity contribution >= 4 is 11.3 Å². The van der Waals surface area contributed by atoms with Gasteiger partial charge in [0.15, 0.2) is 0 Å². The molecule has 1 aliphatic rings. The molecule has 0 atom stereocenters. The minimum atomic E-state index is 0.505. The summed E-state index contributed by atoms with van der Waals surface area (Å²) in [6.07, 6.45) is 1.86. The lowest BCUT2D eigenvalue weighted by Gasteiger charge is -2.25. The predicted octanol–water partition coefficient (Wildman–Crippen LogP) is 1.89. The summed E-state index contributed by atoms with van der Waals surface area (Å²) < 4.78 is 0. The topological polar surface area (TPSA) is 37.8 Å². The van der Waals surface area contributed by atoms with Gasteiger partial charge in [-0.1, -0.05) is 6.07 Å². The van der Waals surface area contributed by atoms with Crippen LogP contribution in [0.1, 0.15) is 11.7 Å². The number of hydrogen-bond acceptors (Lipinski definition) is 4. The molecule has 2 aromatic heterocycles. The molecule has 76 valence electrons. The lowest BCUT2D eigenvalue weighted by Crippen LogP contribution is -2.40. The molecule has 3 heterocycles. The third kappa shape index (κ3) is 1.66. The lowest BCUT2D eigenvalue weighted by atomic mass is 10.0. The number of nitrogens with one attached hydrogen (secondary N) is 1. The van der Waals surface area contributed by atoms with Gasteiger partial charge in [-0.15, -0.1) is 11.3 Å². The maximum atomic E-state index is 4.60. The number of aromatic nitrogens is 2. The van der Waals surface area contributed by atoms with Gasteiger partial charge in [0.05, 0.1) is 10.6 Å². The van der Waals surface area contributed by atoms with Gasteiger partial charge in [0.1, 0.15) is 5.82 Å². The van der Waals surface area contributed by atoms with E-state index in [9.17, 15) is 0 Å². The molecule has 3 rings (SSSR count). The number of thiophene rings is 1. The largest absolute Gasteiger partial charge is 0.315 e. The average molecular weight is 217 g/mol. The van der Waals surface area contributed by atoms with Crippen LogP contribution in [0.5, 0.6) is 0 Å². The molecule has 1 fully saturated rings. The SMILES string of the molecule is c1csc(-c2ccnc(C3CNC3)n2)c1. The number of hydrogen-bond donors (Lipinski definition) is 1. The van der Waals surface area contributed by atoms with Crippen LogP contribution in [0.25, 0.3) is 10.6 Å². The molecule has 15 heavy (non-hydrogen) atoms. The van der Waals surface area contributed by atoms with Crippen molar-refractivity contribution < 1.29 is 0 Å². The van der Waals surface area contributed by atoms with E-state index >= 15 is 0 Å². The first kappa shape index (κ1) is 9.00. The first-order chi connectivity index (χ1) is 7.43. The zero-order valence-electron chi connectivity index (χ0n) is 8.18. The van der Waals surface area contributed by atoms with E-state index in [0.29, 0.717) is 5.92 Å². The van der Waals surface area contributed by atoms with Crippen LogP contribution in [0.3, 0.4) is 0 Å². The molecule has 0 spiro atoms. The van der Waals surface area contributed by atoms with Crippen LogP contribution in [0.2, 0.25) is 0 Å². The Kier molecular flexibility index (Phi) is 2.23. The van der Waals surface area contributed by atoms with E-state index in [2.05, 4.69) is 26.7 Å². The van der Waals surface area contributed by atoms with Crippen molar-refractivity contribution in [3.8, 4) is 10.6 Å². The molecule has 1 saturated heterocycles. The zero-order chi connectivity index (χ0) is 10.1. The molecule has 1 aliphatic heterocycles. The van der Waals surface area contributed by atoms with Crippen molar-refractivity contribution in [3.05, 3.63) is 35.6 Å². The number of rotatable bonds is 2. The van der Waals surface area contributed by atoms with Crippen LogP contribution in [-0.2, 0) is 0 Å². The molecule has 0 unspecified atom stereocenters. The molecule has 3 nitrogen and oxygen atoms in total. The maximum Gasteiger partial charge on any atom is 0.134 e. The molecule has 2 aromatic rings. The Labute approximate surface area is 92.2 Å². The quantitative estimate of drug-likeness (QED) is 0.834. The van der Waals surface area contributed by atoms with E-state index in [1.807, 2.05) is 18.3 Å². The van der Waals surface area contributed by atoms with Gasteiger partial charge in [-0.2, -0.15) is 0 Å². The van der Waals surface area contributed by atoms with Gasteiger partial charge < -0.3 is 5.32 Å². The summed E-state index contributed by atoms with van der Waals surface area (Å²) in [4.78, 5) is 10.1. The molecule has 1 N–H and O–H groups in total. The summed E-state index contributed by atoms with van der Waals surface area (Å²) in [6, 6.07) is 6.11. The predicted molar refractivity (Wildman–Crippen MR) is 61.0 cm³/mol. The van der Waals surface area contributed by atoms with Crippen LogP contribution in [0, 0.1) is 0 Å². The van der Waals surface area contributed by atoms with E-state index in [1.54, 1.807) is 11.3 Å². The summed E-state index contributed by atoms with van der Waals surface area (Å²) in [5, 5.41) is 5.31.